The summed E-state index contributed by atoms with van der Waals surface area (Å²) in [6.07, 6.45) is 7.74. The van der Waals surface area contributed by atoms with E-state index in [1.807, 2.05) is 18.5 Å². The lowest BCUT2D eigenvalue weighted by molar-refractivity contribution is 0.578. The molecule has 3 heteroatoms. The maximum absolute atomic E-state index is 4.16. The molecule has 0 amide bonds. The highest BCUT2D eigenvalue weighted by Crippen LogP contribution is 2.21. The van der Waals surface area contributed by atoms with Gasteiger partial charge in [-0.3, -0.25) is 4.98 Å². The van der Waals surface area contributed by atoms with Gasteiger partial charge in [-0.05, 0) is 55.5 Å². The Balaban J connectivity index is 1.60. The first-order valence-electron chi connectivity index (χ1n) is 7.81. The van der Waals surface area contributed by atoms with Crippen molar-refractivity contribution >= 4 is 11.4 Å². The van der Waals surface area contributed by atoms with E-state index in [-0.39, 0.29) is 0 Å². The van der Waals surface area contributed by atoms with Crippen LogP contribution in [0.25, 0.3) is 0 Å². The summed E-state index contributed by atoms with van der Waals surface area (Å²) in [5, 5.41) is 3.45. The normalized spacial score (nSPS) is 15.0. The number of anilines is 2. The van der Waals surface area contributed by atoms with Gasteiger partial charge in [0.2, 0.25) is 0 Å². The standard InChI is InChI=1S/C18H23N3/c1-15-9-10-19-14-18(15)20-13-16-5-7-17(8-6-16)21-11-3-2-4-12-21/h5-10,14,20H,2-4,11-13H2,1H3. The van der Waals surface area contributed by atoms with Crippen molar-refractivity contribution < 1.29 is 0 Å². The number of pyridine rings is 1. The highest BCUT2D eigenvalue weighted by molar-refractivity contribution is 5.50. The van der Waals surface area contributed by atoms with Crippen LogP contribution in [0, 0.1) is 6.92 Å². The number of rotatable bonds is 4. The molecule has 3 rings (SSSR count). The number of aromatic nitrogens is 1. The van der Waals surface area contributed by atoms with Crippen molar-refractivity contribution in [3.63, 3.8) is 0 Å². The minimum atomic E-state index is 0.840. The van der Waals surface area contributed by atoms with Crippen LogP contribution in [-0.4, -0.2) is 18.1 Å². The Morgan fingerprint density at radius 3 is 2.52 bits per heavy atom. The summed E-state index contributed by atoms with van der Waals surface area (Å²) in [4.78, 5) is 6.66. The van der Waals surface area contributed by atoms with Crippen LogP contribution in [-0.2, 0) is 6.54 Å². The van der Waals surface area contributed by atoms with Gasteiger partial charge >= 0.3 is 0 Å². The topological polar surface area (TPSA) is 28.2 Å². The Bertz CT molecular complexity index is 571. The van der Waals surface area contributed by atoms with E-state index in [1.165, 1.54) is 49.2 Å². The van der Waals surface area contributed by atoms with E-state index in [1.54, 1.807) is 0 Å². The van der Waals surface area contributed by atoms with Gasteiger partial charge < -0.3 is 10.2 Å². The number of nitrogens with zero attached hydrogens (tertiary/aromatic N) is 2. The zero-order valence-corrected chi connectivity index (χ0v) is 12.7. The molecule has 0 aliphatic carbocycles. The monoisotopic (exact) mass is 281 g/mol. The molecule has 21 heavy (non-hydrogen) atoms. The Morgan fingerprint density at radius 1 is 1.05 bits per heavy atom. The molecule has 0 radical (unpaired) electrons. The van der Waals surface area contributed by atoms with Crippen LogP contribution < -0.4 is 10.2 Å². The first-order chi connectivity index (χ1) is 10.3. The number of benzene rings is 1. The summed E-state index contributed by atoms with van der Waals surface area (Å²) >= 11 is 0. The van der Waals surface area contributed by atoms with Crippen molar-refractivity contribution in [1.29, 1.82) is 0 Å². The van der Waals surface area contributed by atoms with Crippen molar-refractivity contribution in [2.75, 3.05) is 23.3 Å². The molecule has 110 valence electrons. The molecule has 3 nitrogen and oxygen atoms in total. The van der Waals surface area contributed by atoms with Gasteiger partial charge in [0.05, 0.1) is 11.9 Å². The van der Waals surface area contributed by atoms with E-state index in [0.717, 1.165) is 12.2 Å². The predicted octanol–water partition coefficient (Wildman–Crippen LogP) is 3.99. The molecule has 1 N–H and O–H groups in total. The summed E-state index contributed by atoms with van der Waals surface area (Å²) < 4.78 is 0. The molecule has 1 saturated heterocycles. The molecule has 1 aliphatic rings. The molecule has 1 aliphatic heterocycles. The fourth-order valence-electron chi connectivity index (χ4n) is 2.82. The highest BCUT2D eigenvalue weighted by Gasteiger charge is 2.10. The summed E-state index contributed by atoms with van der Waals surface area (Å²) in [5.74, 6) is 0. The van der Waals surface area contributed by atoms with Crippen molar-refractivity contribution in [1.82, 2.24) is 4.98 Å². The average molecular weight is 281 g/mol. The minimum absolute atomic E-state index is 0.840. The zero-order chi connectivity index (χ0) is 14.5. The van der Waals surface area contributed by atoms with Gasteiger partial charge in [-0.25, -0.2) is 0 Å². The second-order valence-electron chi connectivity index (χ2n) is 5.76. The van der Waals surface area contributed by atoms with Gasteiger partial charge in [-0.15, -0.1) is 0 Å². The summed E-state index contributed by atoms with van der Waals surface area (Å²) in [6.45, 7) is 5.34. The van der Waals surface area contributed by atoms with E-state index in [4.69, 9.17) is 0 Å². The SMILES string of the molecule is Cc1ccncc1NCc1ccc(N2CCCCC2)cc1. The highest BCUT2D eigenvalue weighted by atomic mass is 15.1. The first-order valence-corrected chi connectivity index (χ1v) is 7.81. The van der Waals surface area contributed by atoms with Gasteiger partial charge in [-0.1, -0.05) is 12.1 Å². The third-order valence-electron chi connectivity index (χ3n) is 4.18. The van der Waals surface area contributed by atoms with Crippen LogP contribution in [0.1, 0.15) is 30.4 Å². The average Bonchev–Trinajstić information content (AvgIpc) is 2.55. The van der Waals surface area contributed by atoms with Crippen LogP contribution in [0.5, 0.6) is 0 Å². The molecule has 0 atom stereocenters. The van der Waals surface area contributed by atoms with Gasteiger partial charge in [0.1, 0.15) is 0 Å². The van der Waals surface area contributed by atoms with E-state index < -0.39 is 0 Å². The van der Waals surface area contributed by atoms with Crippen LogP contribution in [0.3, 0.4) is 0 Å². The maximum Gasteiger partial charge on any atom is 0.0559 e. The van der Waals surface area contributed by atoms with Crippen LogP contribution in [0.4, 0.5) is 11.4 Å². The van der Waals surface area contributed by atoms with E-state index in [9.17, 15) is 0 Å². The van der Waals surface area contributed by atoms with E-state index in [2.05, 4.69) is 46.4 Å². The molecular formula is C18H23N3. The third-order valence-corrected chi connectivity index (χ3v) is 4.18. The Labute approximate surface area is 127 Å². The minimum Gasteiger partial charge on any atom is -0.380 e. The number of hydrogen-bond donors (Lipinski definition) is 1. The molecular weight excluding hydrogens is 258 g/mol. The summed E-state index contributed by atoms with van der Waals surface area (Å²) in [6, 6.07) is 11.0. The lowest BCUT2D eigenvalue weighted by atomic mass is 10.1. The number of piperidine rings is 1. The molecule has 1 aromatic heterocycles. The first kappa shape index (κ1) is 13.9. The number of hydrogen-bond acceptors (Lipinski definition) is 3. The Hall–Kier alpha value is -2.03. The Morgan fingerprint density at radius 2 is 1.81 bits per heavy atom. The molecule has 0 unspecified atom stereocenters. The van der Waals surface area contributed by atoms with E-state index >= 15 is 0 Å². The summed E-state index contributed by atoms with van der Waals surface area (Å²) in [5.41, 5.74) is 5.00. The lowest BCUT2D eigenvalue weighted by Crippen LogP contribution is -2.29. The second kappa shape index (κ2) is 6.61. The fourth-order valence-corrected chi connectivity index (χ4v) is 2.82. The fraction of sp³-hybridized carbons (Fsp3) is 0.389. The lowest BCUT2D eigenvalue weighted by Gasteiger charge is -2.28. The molecule has 2 heterocycles. The van der Waals surface area contributed by atoms with Crippen LogP contribution in [0.2, 0.25) is 0 Å². The smallest absolute Gasteiger partial charge is 0.0559 e. The van der Waals surface area contributed by atoms with E-state index in [0.29, 0.717) is 0 Å². The molecule has 0 bridgehead atoms. The van der Waals surface area contributed by atoms with Crippen molar-refractivity contribution in [2.45, 2.75) is 32.7 Å². The molecule has 1 aromatic carbocycles. The molecule has 0 spiro atoms. The quantitative estimate of drug-likeness (QED) is 0.918. The predicted molar refractivity (Wildman–Crippen MR) is 88.8 cm³/mol. The zero-order valence-electron chi connectivity index (χ0n) is 12.7. The number of nitrogens with one attached hydrogen (secondary N) is 1. The van der Waals surface area contributed by atoms with Gasteiger partial charge in [0, 0.05) is 31.5 Å². The van der Waals surface area contributed by atoms with Crippen molar-refractivity contribution in [2.24, 2.45) is 0 Å². The van der Waals surface area contributed by atoms with Gasteiger partial charge in [0.15, 0.2) is 0 Å². The number of aryl methyl sites for hydroxylation is 1. The Kier molecular flexibility index (Phi) is 4.39. The van der Waals surface area contributed by atoms with Gasteiger partial charge in [-0.2, -0.15) is 0 Å². The van der Waals surface area contributed by atoms with Crippen LogP contribution >= 0.6 is 0 Å². The third kappa shape index (κ3) is 3.54. The van der Waals surface area contributed by atoms with Gasteiger partial charge in [0.25, 0.3) is 0 Å². The molecule has 2 aromatic rings. The largest absolute Gasteiger partial charge is 0.380 e. The molecule has 0 saturated carbocycles. The van der Waals surface area contributed by atoms with Crippen molar-refractivity contribution in [3.8, 4) is 0 Å². The molecule has 1 fully saturated rings. The van der Waals surface area contributed by atoms with Crippen molar-refractivity contribution in [3.05, 3.63) is 53.9 Å². The summed E-state index contributed by atoms with van der Waals surface area (Å²) in [7, 11) is 0. The second-order valence-corrected chi connectivity index (χ2v) is 5.76. The maximum atomic E-state index is 4.16. The van der Waals surface area contributed by atoms with Crippen LogP contribution in [0.15, 0.2) is 42.7 Å².